The zero-order valence-electron chi connectivity index (χ0n) is 26.0. The molecule has 0 saturated carbocycles. The van der Waals surface area contributed by atoms with Crippen LogP contribution >= 0.6 is 0 Å². The molecule has 214 valence electrons. The maximum Gasteiger partial charge on any atom is 0.0227 e. The fourth-order valence-electron chi connectivity index (χ4n) is 7.53. The Labute approximate surface area is 258 Å². The van der Waals surface area contributed by atoms with Crippen LogP contribution in [0, 0.1) is 0 Å². The van der Waals surface area contributed by atoms with E-state index in [4.69, 9.17) is 0 Å². The van der Waals surface area contributed by atoms with Crippen LogP contribution in [0.3, 0.4) is 0 Å². The Bertz CT molecular complexity index is 1760. The van der Waals surface area contributed by atoms with E-state index in [1.807, 2.05) is 0 Å². The van der Waals surface area contributed by atoms with Gasteiger partial charge in [0.1, 0.15) is 0 Å². The average Bonchev–Trinajstić information content (AvgIpc) is 3.33. The molecule has 0 heterocycles. The van der Waals surface area contributed by atoms with Crippen LogP contribution < -0.4 is 0 Å². The highest BCUT2D eigenvalue weighted by atomic mass is 14.5. The molecule has 0 heteroatoms. The number of hydrogen-bond donors (Lipinski definition) is 0. The number of benzene rings is 5. The average molecular weight is 559 g/mol. The van der Waals surface area contributed by atoms with E-state index in [2.05, 4.69) is 161 Å². The molecule has 0 N–H and O–H groups in total. The molecular formula is C43H42. The quantitative estimate of drug-likeness (QED) is 0.158. The van der Waals surface area contributed by atoms with E-state index in [0.717, 1.165) is 25.7 Å². The lowest BCUT2D eigenvalue weighted by Crippen LogP contribution is -2.27. The van der Waals surface area contributed by atoms with Gasteiger partial charge >= 0.3 is 0 Å². The molecule has 1 aliphatic rings. The van der Waals surface area contributed by atoms with Gasteiger partial charge in [0.05, 0.1) is 0 Å². The van der Waals surface area contributed by atoms with Crippen LogP contribution in [0.4, 0.5) is 0 Å². The van der Waals surface area contributed by atoms with Crippen molar-refractivity contribution in [2.75, 3.05) is 0 Å². The zero-order chi connectivity index (χ0) is 29.8. The molecule has 0 amide bonds. The zero-order valence-corrected chi connectivity index (χ0v) is 26.0. The third-order valence-corrected chi connectivity index (χ3v) is 9.14. The molecule has 0 atom stereocenters. The molecule has 0 fully saturated rings. The van der Waals surface area contributed by atoms with Gasteiger partial charge in [-0.25, -0.2) is 0 Å². The largest absolute Gasteiger partial charge is 0.0871 e. The molecule has 5 aromatic carbocycles. The molecule has 6 rings (SSSR count). The summed E-state index contributed by atoms with van der Waals surface area (Å²) in [5.74, 6) is 0. The predicted octanol–water partition coefficient (Wildman–Crippen LogP) is 12.5. The van der Waals surface area contributed by atoms with Gasteiger partial charge in [-0.3, -0.25) is 0 Å². The van der Waals surface area contributed by atoms with E-state index < -0.39 is 0 Å². The van der Waals surface area contributed by atoms with Crippen molar-refractivity contribution in [1.82, 2.24) is 0 Å². The van der Waals surface area contributed by atoms with Crippen LogP contribution in [0.25, 0.3) is 50.1 Å². The van der Waals surface area contributed by atoms with Crippen molar-refractivity contribution >= 4 is 5.57 Å². The van der Waals surface area contributed by atoms with Gasteiger partial charge in [0.25, 0.3) is 0 Å². The molecule has 5 aromatic rings. The second kappa shape index (κ2) is 12.4. The lowest BCUT2D eigenvalue weighted by Gasteiger charge is -2.35. The molecule has 0 radical (unpaired) electrons. The molecule has 0 saturated heterocycles. The lowest BCUT2D eigenvalue weighted by atomic mass is 9.67. The minimum atomic E-state index is -0.0745. The highest BCUT2D eigenvalue weighted by Crippen LogP contribution is 2.60. The van der Waals surface area contributed by atoms with Crippen molar-refractivity contribution < 1.29 is 0 Å². The summed E-state index contributed by atoms with van der Waals surface area (Å²) in [5, 5.41) is 0. The van der Waals surface area contributed by atoms with Gasteiger partial charge in [0.15, 0.2) is 0 Å². The monoisotopic (exact) mass is 558 g/mol. The molecule has 43 heavy (non-hydrogen) atoms. The summed E-state index contributed by atoms with van der Waals surface area (Å²) in [4.78, 5) is 0. The summed E-state index contributed by atoms with van der Waals surface area (Å²) in [5.41, 5.74) is 16.2. The Balaban J connectivity index is 1.80. The number of allylic oxidation sites excluding steroid dienone is 4. The van der Waals surface area contributed by atoms with Gasteiger partial charge in [-0.1, -0.05) is 136 Å². The van der Waals surface area contributed by atoms with Gasteiger partial charge in [-0.05, 0) is 118 Å². The molecule has 0 spiro atoms. The lowest BCUT2D eigenvalue weighted by molar-refractivity contribution is 0.436. The van der Waals surface area contributed by atoms with E-state index in [9.17, 15) is 0 Å². The van der Waals surface area contributed by atoms with Gasteiger partial charge in [-0.15, -0.1) is 0 Å². The van der Waals surface area contributed by atoms with E-state index in [1.165, 1.54) is 66.8 Å². The van der Waals surface area contributed by atoms with E-state index in [1.54, 1.807) is 0 Å². The van der Waals surface area contributed by atoms with Crippen molar-refractivity contribution in [2.24, 2.45) is 0 Å². The normalized spacial score (nSPS) is 13.7. The van der Waals surface area contributed by atoms with Crippen molar-refractivity contribution in [3.05, 3.63) is 150 Å². The fourth-order valence-corrected chi connectivity index (χ4v) is 7.53. The Kier molecular flexibility index (Phi) is 8.30. The van der Waals surface area contributed by atoms with Gasteiger partial charge in [0.2, 0.25) is 0 Å². The summed E-state index contributed by atoms with van der Waals surface area (Å²) < 4.78 is 0. The molecule has 0 bridgehead atoms. The molecular weight excluding hydrogens is 516 g/mol. The van der Waals surface area contributed by atoms with Crippen molar-refractivity contribution in [3.63, 3.8) is 0 Å². The molecule has 0 aliphatic heterocycles. The minimum Gasteiger partial charge on any atom is -0.0871 e. The predicted molar refractivity (Wildman–Crippen MR) is 187 cm³/mol. The van der Waals surface area contributed by atoms with Gasteiger partial charge in [-0.2, -0.15) is 0 Å². The Morgan fingerprint density at radius 2 is 1.00 bits per heavy atom. The first kappa shape index (κ1) is 28.7. The van der Waals surface area contributed by atoms with Gasteiger partial charge < -0.3 is 0 Å². The van der Waals surface area contributed by atoms with Crippen LogP contribution in [-0.4, -0.2) is 0 Å². The SMILES string of the molecule is C/C=C\C(=C/C)c1cc(-c2ccccc2)cc2c1C(CCC)(CCC)c1c(-c3ccccc3)cc(-c3ccccc3)cc1-2. The summed E-state index contributed by atoms with van der Waals surface area (Å²) in [6.07, 6.45) is 11.3. The molecule has 0 nitrogen and oxygen atoms in total. The standard InChI is InChI=1S/C43H42/c1-5-18-31(8-4)37-27-35(32-19-12-9-13-20-32)29-39-40-30-36(33-21-14-10-15-22-33)28-38(34-23-16-11-17-24-34)42(40)43(25-6-2,26-7-3)41(37)39/h5,8-24,27-30H,6-7,25-26H2,1-4H3/b18-5-,31-8+. The Hall–Kier alpha value is -4.42. The number of fused-ring (bicyclic) bond motifs is 3. The highest BCUT2D eigenvalue weighted by molar-refractivity contribution is 5.97. The second-order valence-electron chi connectivity index (χ2n) is 11.8. The topological polar surface area (TPSA) is 0 Å². The fraction of sp³-hybridized carbons (Fsp3) is 0.209. The Morgan fingerprint density at radius 1 is 0.535 bits per heavy atom. The molecule has 0 unspecified atom stereocenters. The first-order valence-corrected chi connectivity index (χ1v) is 16.0. The van der Waals surface area contributed by atoms with Crippen LogP contribution in [-0.2, 0) is 5.41 Å². The maximum absolute atomic E-state index is 2.49. The first-order valence-electron chi connectivity index (χ1n) is 16.0. The third kappa shape index (κ3) is 5.10. The number of hydrogen-bond acceptors (Lipinski definition) is 0. The third-order valence-electron chi connectivity index (χ3n) is 9.14. The second-order valence-corrected chi connectivity index (χ2v) is 11.8. The summed E-state index contributed by atoms with van der Waals surface area (Å²) in [6, 6.07) is 42.8. The van der Waals surface area contributed by atoms with E-state index >= 15 is 0 Å². The highest BCUT2D eigenvalue weighted by Gasteiger charge is 2.46. The summed E-state index contributed by atoms with van der Waals surface area (Å²) >= 11 is 0. The smallest absolute Gasteiger partial charge is 0.0227 e. The van der Waals surface area contributed by atoms with Crippen LogP contribution in [0.5, 0.6) is 0 Å². The Morgan fingerprint density at radius 3 is 1.49 bits per heavy atom. The summed E-state index contributed by atoms with van der Waals surface area (Å²) in [7, 11) is 0. The maximum atomic E-state index is 2.49. The van der Waals surface area contributed by atoms with Crippen LogP contribution in [0.1, 0.15) is 70.1 Å². The van der Waals surface area contributed by atoms with Crippen molar-refractivity contribution in [1.29, 1.82) is 0 Å². The van der Waals surface area contributed by atoms with Crippen molar-refractivity contribution in [2.45, 2.75) is 58.8 Å². The summed E-state index contributed by atoms with van der Waals surface area (Å²) in [6.45, 7) is 9.03. The van der Waals surface area contributed by atoms with E-state index in [0.29, 0.717) is 0 Å². The first-order chi connectivity index (χ1) is 21.1. The molecule has 0 aromatic heterocycles. The van der Waals surface area contributed by atoms with Gasteiger partial charge in [0, 0.05) is 5.41 Å². The van der Waals surface area contributed by atoms with Crippen LogP contribution in [0.15, 0.2) is 133 Å². The van der Waals surface area contributed by atoms with Crippen molar-refractivity contribution in [3.8, 4) is 44.5 Å². The minimum absolute atomic E-state index is 0.0745. The molecule has 1 aliphatic carbocycles. The van der Waals surface area contributed by atoms with E-state index in [-0.39, 0.29) is 5.41 Å². The number of rotatable bonds is 9. The van der Waals surface area contributed by atoms with Crippen LogP contribution in [0.2, 0.25) is 0 Å².